The van der Waals surface area contributed by atoms with Crippen LogP contribution >= 0.6 is 11.3 Å². The first-order chi connectivity index (χ1) is 9.08. The number of nitrogens with one attached hydrogen (secondary N) is 2. The highest BCUT2D eigenvalue weighted by atomic mass is 32.2. The second-order valence-electron chi connectivity index (χ2n) is 3.51. The number of sulfonamides is 1. The van der Waals surface area contributed by atoms with Crippen LogP contribution in [0.25, 0.3) is 4.96 Å². The average Bonchev–Trinajstić information content (AvgIpc) is 3.01. The highest BCUT2D eigenvalue weighted by Gasteiger charge is 2.24. The molecule has 3 aromatic rings. The molecule has 3 rings (SSSR count). The molecule has 0 unspecified atom stereocenters. The van der Waals surface area contributed by atoms with Gasteiger partial charge in [-0.1, -0.05) is 5.21 Å². The van der Waals surface area contributed by atoms with Crippen LogP contribution in [-0.4, -0.2) is 38.4 Å². The second kappa shape index (κ2) is 4.25. The summed E-state index contributed by atoms with van der Waals surface area (Å²) in [6.07, 6.45) is 1.59. The zero-order chi connectivity index (χ0) is 13.5. The van der Waals surface area contributed by atoms with E-state index < -0.39 is 10.0 Å². The lowest BCUT2D eigenvalue weighted by Crippen LogP contribution is -2.25. The number of H-pyrrole nitrogens is 1. The molecular weight excluding hydrogens is 292 g/mol. The summed E-state index contributed by atoms with van der Waals surface area (Å²) in [6.45, 7) is -0.0877. The van der Waals surface area contributed by atoms with Gasteiger partial charge in [0.05, 0.1) is 6.54 Å². The van der Waals surface area contributed by atoms with Gasteiger partial charge >= 0.3 is 0 Å². The summed E-state index contributed by atoms with van der Waals surface area (Å²) in [6, 6.07) is 0. The summed E-state index contributed by atoms with van der Waals surface area (Å²) in [4.78, 5) is 4.49. The summed E-state index contributed by atoms with van der Waals surface area (Å²) in [5.41, 5.74) is 5.64. The maximum absolute atomic E-state index is 12.2. The minimum Gasteiger partial charge on any atom is -0.381 e. The number of anilines is 1. The smallest absolute Gasteiger partial charge is 0.260 e. The Hall–Kier alpha value is -2.05. The molecule has 0 saturated heterocycles. The highest BCUT2D eigenvalue weighted by molar-refractivity contribution is 7.89. The van der Waals surface area contributed by atoms with E-state index >= 15 is 0 Å². The van der Waals surface area contributed by atoms with E-state index in [9.17, 15) is 8.42 Å². The number of tetrazole rings is 1. The molecular formula is C7H8N8O2S2. The van der Waals surface area contributed by atoms with Crippen LogP contribution in [0.15, 0.2) is 16.6 Å². The van der Waals surface area contributed by atoms with Crippen molar-refractivity contribution < 1.29 is 8.42 Å². The van der Waals surface area contributed by atoms with Gasteiger partial charge in [0.1, 0.15) is 0 Å². The molecule has 0 radical (unpaired) electrons. The topological polar surface area (TPSA) is 144 Å². The Labute approximate surface area is 110 Å². The molecule has 19 heavy (non-hydrogen) atoms. The number of aromatic amines is 1. The standard InChI is InChI=1S/C7H8N8O2S2/c8-5-6(15-1-2-18-7(15)10-5)19(16,17)9-3-4-11-13-14-12-4/h1-2,9H,3,8H2,(H,11,12,13,14). The molecule has 12 heteroatoms. The van der Waals surface area contributed by atoms with Gasteiger partial charge in [-0.3, -0.25) is 4.40 Å². The molecule has 0 amide bonds. The van der Waals surface area contributed by atoms with Crippen LogP contribution in [0.3, 0.4) is 0 Å². The van der Waals surface area contributed by atoms with Crippen LogP contribution in [0.1, 0.15) is 5.82 Å². The summed E-state index contributed by atoms with van der Waals surface area (Å²) in [5, 5.41) is 14.5. The fourth-order valence-electron chi connectivity index (χ4n) is 1.53. The van der Waals surface area contributed by atoms with Crippen LogP contribution < -0.4 is 10.5 Å². The van der Waals surface area contributed by atoms with Crippen molar-refractivity contribution in [2.75, 3.05) is 5.73 Å². The van der Waals surface area contributed by atoms with Gasteiger partial charge in [-0.25, -0.2) is 18.1 Å². The lowest BCUT2D eigenvalue weighted by atomic mass is 10.7. The van der Waals surface area contributed by atoms with Gasteiger partial charge in [-0.2, -0.15) is 5.21 Å². The van der Waals surface area contributed by atoms with Crippen molar-refractivity contribution in [2.45, 2.75) is 11.6 Å². The molecule has 0 fully saturated rings. The molecule has 10 nitrogen and oxygen atoms in total. The predicted molar refractivity (Wildman–Crippen MR) is 65.7 cm³/mol. The zero-order valence-corrected chi connectivity index (χ0v) is 10.9. The summed E-state index contributed by atoms with van der Waals surface area (Å²) in [5.74, 6) is 0.181. The number of thiazole rings is 1. The van der Waals surface area contributed by atoms with Gasteiger partial charge in [0.15, 0.2) is 21.6 Å². The number of nitrogens with zero attached hydrogens (tertiary/aromatic N) is 5. The van der Waals surface area contributed by atoms with Crippen molar-refractivity contribution in [1.82, 2.24) is 34.7 Å². The predicted octanol–water partition coefficient (Wildman–Crippen LogP) is -1.03. The summed E-state index contributed by atoms with van der Waals surface area (Å²) >= 11 is 1.29. The molecule has 4 N–H and O–H groups in total. The molecule has 0 spiro atoms. The van der Waals surface area contributed by atoms with E-state index in [-0.39, 0.29) is 23.2 Å². The molecule has 0 aliphatic carbocycles. The van der Waals surface area contributed by atoms with Gasteiger partial charge < -0.3 is 5.73 Å². The molecule has 0 bridgehead atoms. The molecule has 3 heterocycles. The number of fused-ring (bicyclic) bond motifs is 1. The first kappa shape index (κ1) is 12.0. The minimum atomic E-state index is -3.81. The van der Waals surface area contributed by atoms with Gasteiger partial charge in [0.25, 0.3) is 10.0 Å². The number of rotatable bonds is 4. The van der Waals surface area contributed by atoms with Crippen molar-refractivity contribution >= 4 is 32.1 Å². The first-order valence-electron chi connectivity index (χ1n) is 5.01. The van der Waals surface area contributed by atoms with E-state index in [0.717, 1.165) is 0 Å². The van der Waals surface area contributed by atoms with Gasteiger partial charge in [0.2, 0.25) is 0 Å². The van der Waals surface area contributed by atoms with Crippen LogP contribution in [0, 0.1) is 0 Å². The van der Waals surface area contributed by atoms with Crippen molar-refractivity contribution in [1.29, 1.82) is 0 Å². The molecule has 3 aromatic heterocycles. The second-order valence-corrected chi connectivity index (χ2v) is 6.07. The number of hydrogen-bond donors (Lipinski definition) is 3. The SMILES string of the molecule is Nc1nc2sccn2c1S(=O)(=O)NCc1nn[nH]n1. The normalized spacial score (nSPS) is 12.2. The third-order valence-corrected chi connectivity index (χ3v) is 4.50. The molecule has 100 valence electrons. The van der Waals surface area contributed by atoms with Crippen LogP contribution in [0.4, 0.5) is 5.82 Å². The number of imidazole rings is 1. The Bertz CT molecular complexity index is 802. The minimum absolute atomic E-state index is 0.0486. The van der Waals surface area contributed by atoms with Gasteiger partial charge in [-0.15, -0.1) is 21.5 Å². The molecule has 0 aliphatic heterocycles. The fraction of sp³-hybridized carbons (Fsp3) is 0.143. The maximum Gasteiger partial charge on any atom is 0.260 e. The third kappa shape index (κ3) is 2.05. The Morgan fingerprint density at radius 2 is 2.37 bits per heavy atom. The van der Waals surface area contributed by atoms with E-state index in [2.05, 4.69) is 30.3 Å². The van der Waals surface area contributed by atoms with E-state index in [1.165, 1.54) is 15.7 Å². The van der Waals surface area contributed by atoms with Crippen molar-refractivity contribution in [2.24, 2.45) is 0 Å². The van der Waals surface area contributed by atoms with Gasteiger partial charge in [-0.05, 0) is 0 Å². The van der Waals surface area contributed by atoms with Crippen LogP contribution in [0.5, 0.6) is 0 Å². The van der Waals surface area contributed by atoms with E-state index in [1.54, 1.807) is 11.6 Å². The molecule has 0 saturated carbocycles. The number of aromatic nitrogens is 6. The largest absolute Gasteiger partial charge is 0.381 e. The summed E-state index contributed by atoms with van der Waals surface area (Å²) in [7, 11) is -3.81. The maximum atomic E-state index is 12.2. The Morgan fingerprint density at radius 1 is 1.53 bits per heavy atom. The zero-order valence-electron chi connectivity index (χ0n) is 9.31. The van der Waals surface area contributed by atoms with Crippen molar-refractivity contribution in [3.05, 3.63) is 17.4 Å². The van der Waals surface area contributed by atoms with E-state index in [1.807, 2.05) is 0 Å². The van der Waals surface area contributed by atoms with E-state index in [0.29, 0.717) is 4.96 Å². The van der Waals surface area contributed by atoms with E-state index in [4.69, 9.17) is 5.73 Å². The summed E-state index contributed by atoms with van der Waals surface area (Å²) < 4.78 is 28.1. The quantitative estimate of drug-likeness (QED) is 0.558. The monoisotopic (exact) mass is 300 g/mol. The Morgan fingerprint density at radius 3 is 3.11 bits per heavy atom. The molecule has 0 atom stereocenters. The molecule has 0 aliphatic rings. The lowest BCUT2D eigenvalue weighted by Gasteiger charge is -2.03. The Balaban J connectivity index is 1.95. The lowest BCUT2D eigenvalue weighted by molar-refractivity contribution is 0.575. The van der Waals surface area contributed by atoms with Crippen LogP contribution in [-0.2, 0) is 16.6 Å². The Kier molecular flexibility index (Phi) is 2.69. The number of nitrogen functional groups attached to an aromatic ring is 1. The third-order valence-electron chi connectivity index (χ3n) is 2.31. The molecule has 0 aromatic carbocycles. The van der Waals surface area contributed by atoms with Crippen molar-refractivity contribution in [3.8, 4) is 0 Å². The first-order valence-corrected chi connectivity index (χ1v) is 7.37. The van der Waals surface area contributed by atoms with Gasteiger partial charge in [0, 0.05) is 11.6 Å². The average molecular weight is 300 g/mol. The number of nitrogens with two attached hydrogens (primary N) is 1. The highest BCUT2D eigenvalue weighted by Crippen LogP contribution is 2.23. The van der Waals surface area contributed by atoms with Crippen molar-refractivity contribution in [3.63, 3.8) is 0 Å². The number of hydrogen-bond acceptors (Lipinski definition) is 8. The fourth-order valence-corrected chi connectivity index (χ4v) is 3.50. The van der Waals surface area contributed by atoms with Crippen LogP contribution in [0.2, 0.25) is 0 Å².